The number of nitrogens with one attached hydrogen (secondary N) is 1. The summed E-state index contributed by atoms with van der Waals surface area (Å²) in [6.07, 6.45) is 1.80. The van der Waals surface area contributed by atoms with Crippen molar-refractivity contribution in [3.63, 3.8) is 0 Å². The largest absolute Gasteiger partial charge is 0.389 e. The summed E-state index contributed by atoms with van der Waals surface area (Å²) in [5, 5.41) is 6.35. The Bertz CT molecular complexity index is 591. The molecule has 0 saturated heterocycles. The molecule has 0 spiro atoms. The number of hydrogen-bond donors (Lipinski definition) is 2. The third kappa shape index (κ3) is 3.27. The summed E-state index contributed by atoms with van der Waals surface area (Å²) in [7, 11) is 0. The number of rotatable bonds is 4. The van der Waals surface area contributed by atoms with Gasteiger partial charge in [0.1, 0.15) is 15.8 Å². The predicted octanol–water partition coefficient (Wildman–Crippen LogP) is 2.83. The lowest BCUT2D eigenvalue weighted by atomic mass is 10.1. The molecule has 0 fully saturated rings. The van der Waals surface area contributed by atoms with Crippen molar-refractivity contribution < 1.29 is 0 Å². The molecule has 0 atom stereocenters. The Morgan fingerprint density at radius 3 is 2.74 bits per heavy atom. The second-order valence-corrected chi connectivity index (χ2v) is 6.17. The van der Waals surface area contributed by atoms with Crippen LogP contribution in [0.5, 0.6) is 0 Å². The zero-order chi connectivity index (χ0) is 14.0. The minimum atomic E-state index is -0.289. The molecule has 4 nitrogen and oxygen atoms in total. The first kappa shape index (κ1) is 13.9. The van der Waals surface area contributed by atoms with Gasteiger partial charge >= 0.3 is 0 Å². The number of thiazole rings is 1. The maximum atomic E-state index is 5.68. The van der Waals surface area contributed by atoms with Crippen LogP contribution in [0, 0.1) is 6.92 Å². The molecule has 2 rings (SSSR count). The van der Waals surface area contributed by atoms with Gasteiger partial charge in [-0.25, -0.2) is 9.97 Å². The Morgan fingerprint density at radius 2 is 2.16 bits per heavy atom. The van der Waals surface area contributed by atoms with Gasteiger partial charge in [-0.1, -0.05) is 12.2 Å². The maximum absolute atomic E-state index is 5.68. The summed E-state index contributed by atoms with van der Waals surface area (Å²) in [6.45, 7) is 6.05. The molecule has 0 aliphatic rings. The fraction of sp³-hybridized carbons (Fsp3) is 0.308. The van der Waals surface area contributed by atoms with Crippen LogP contribution in [-0.2, 0) is 5.54 Å². The SMILES string of the molecule is Cc1cc(C(N)=S)cc(NC(C)(C)c2nccs2)n1. The Balaban J connectivity index is 2.31. The first-order valence-electron chi connectivity index (χ1n) is 5.85. The summed E-state index contributed by atoms with van der Waals surface area (Å²) >= 11 is 6.63. The molecule has 2 aromatic rings. The summed E-state index contributed by atoms with van der Waals surface area (Å²) in [6, 6.07) is 3.74. The fourth-order valence-electron chi connectivity index (χ4n) is 1.78. The van der Waals surface area contributed by atoms with E-state index in [1.807, 2.05) is 24.4 Å². The van der Waals surface area contributed by atoms with Crippen molar-refractivity contribution in [2.24, 2.45) is 5.73 Å². The van der Waals surface area contributed by atoms with Crippen LogP contribution in [0.15, 0.2) is 23.7 Å². The van der Waals surface area contributed by atoms with E-state index in [1.54, 1.807) is 17.5 Å². The van der Waals surface area contributed by atoms with E-state index < -0.39 is 0 Å². The van der Waals surface area contributed by atoms with Gasteiger partial charge in [0.25, 0.3) is 0 Å². The minimum Gasteiger partial charge on any atom is -0.389 e. The number of pyridine rings is 1. The number of anilines is 1. The van der Waals surface area contributed by atoms with Gasteiger partial charge in [-0.2, -0.15) is 0 Å². The van der Waals surface area contributed by atoms with Gasteiger partial charge in [0.15, 0.2) is 0 Å². The van der Waals surface area contributed by atoms with E-state index in [0.29, 0.717) is 4.99 Å². The van der Waals surface area contributed by atoms with Gasteiger partial charge in [0.2, 0.25) is 0 Å². The zero-order valence-electron chi connectivity index (χ0n) is 11.1. The molecular weight excluding hydrogens is 276 g/mol. The third-order valence-corrected chi connectivity index (χ3v) is 3.98. The lowest BCUT2D eigenvalue weighted by molar-refractivity contribution is 0.600. The number of nitrogens with zero attached hydrogens (tertiary/aromatic N) is 2. The van der Waals surface area contributed by atoms with Crippen molar-refractivity contribution in [2.75, 3.05) is 5.32 Å². The highest BCUT2D eigenvalue weighted by molar-refractivity contribution is 7.80. The first-order valence-corrected chi connectivity index (χ1v) is 7.14. The van der Waals surface area contributed by atoms with E-state index in [1.165, 1.54) is 0 Å². The third-order valence-electron chi connectivity index (χ3n) is 2.65. The molecule has 100 valence electrons. The molecule has 2 heterocycles. The molecule has 0 unspecified atom stereocenters. The number of aromatic nitrogens is 2. The summed E-state index contributed by atoms with van der Waals surface area (Å²) in [4.78, 5) is 9.18. The van der Waals surface area contributed by atoms with Gasteiger partial charge in [-0.3, -0.25) is 0 Å². The monoisotopic (exact) mass is 292 g/mol. The lowest BCUT2D eigenvalue weighted by Gasteiger charge is -2.25. The normalized spacial score (nSPS) is 11.3. The number of nitrogens with two attached hydrogens (primary N) is 1. The zero-order valence-corrected chi connectivity index (χ0v) is 12.7. The highest BCUT2D eigenvalue weighted by Gasteiger charge is 2.23. The molecular formula is C13H16N4S2. The van der Waals surface area contributed by atoms with Crippen molar-refractivity contribution in [2.45, 2.75) is 26.3 Å². The van der Waals surface area contributed by atoms with Crippen LogP contribution in [0.25, 0.3) is 0 Å². The summed E-state index contributed by atoms with van der Waals surface area (Å²) in [5.41, 5.74) is 7.08. The van der Waals surface area contributed by atoms with Crippen LogP contribution < -0.4 is 11.1 Å². The van der Waals surface area contributed by atoms with E-state index in [9.17, 15) is 0 Å². The molecule has 0 aliphatic carbocycles. The van der Waals surface area contributed by atoms with Crippen molar-refractivity contribution in [1.29, 1.82) is 0 Å². The van der Waals surface area contributed by atoms with E-state index in [2.05, 4.69) is 29.1 Å². The Kier molecular flexibility index (Phi) is 3.82. The highest BCUT2D eigenvalue weighted by Crippen LogP contribution is 2.26. The fourth-order valence-corrected chi connectivity index (χ4v) is 2.62. The van der Waals surface area contributed by atoms with Crippen LogP contribution in [-0.4, -0.2) is 15.0 Å². The van der Waals surface area contributed by atoms with E-state index >= 15 is 0 Å². The molecule has 2 aromatic heterocycles. The second kappa shape index (κ2) is 5.22. The molecule has 0 radical (unpaired) electrons. The van der Waals surface area contributed by atoms with Crippen molar-refractivity contribution in [3.05, 3.63) is 40.0 Å². The summed E-state index contributed by atoms with van der Waals surface area (Å²) < 4.78 is 0. The van der Waals surface area contributed by atoms with Crippen molar-refractivity contribution >= 4 is 34.4 Å². The minimum absolute atomic E-state index is 0.289. The number of aryl methyl sites for hydroxylation is 1. The standard InChI is InChI=1S/C13H16N4S2/c1-8-6-9(11(14)18)7-10(16-8)17-13(2,3)12-15-4-5-19-12/h4-7H,1-3H3,(H2,14,18)(H,16,17). The van der Waals surface area contributed by atoms with Crippen molar-refractivity contribution in [1.82, 2.24) is 9.97 Å². The highest BCUT2D eigenvalue weighted by atomic mass is 32.1. The molecule has 0 bridgehead atoms. The van der Waals surface area contributed by atoms with E-state index in [4.69, 9.17) is 18.0 Å². The molecule has 3 N–H and O–H groups in total. The average molecular weight is 292 g/mol. The van der Waals surface area contributed by atoms with E-state index in [0.717, 1.165) is 22.1 Å². The molecule has 0 aromatic carbocycles. The number of hydrogen-bond acceptors (Lipinski definition) is 5. The van der Waals surface area contributed by atoms with Crippen molar-refractivity contribution in [3.8, 4) is 0 Å². The van der Waals surface area contributed by atoms with Gasteiger partial charge < -0.3 is 11.1 Å². The summed E-state index contributed by atoms with van der Waals surface area (Å²) in [5.74, 6) is 0.753. The van der Waals surface area contributed by atoms with Crippen LogP contribution in [0.3, 0.4) is 0 Å². The molecule has 6 heteroatoms. The molecule has 19 heavy (non-hydrogen) atoms. The molecule has 0 aliphatic heterocycles. The average Bonchev–Trinajstić information content (AvgIpc) is 2.81. The lowest BCUT2D eigenvalue weighted by Crippen LogP contribution is -2.28. The Morgan fingerprint density at radius 1 is 1.42 bits per heavy atom. The van der Waals surface area contributed by atoms with E-state index in [-0.39, 0.29) is 5.54 Å². The van der Waals surface area contributed by atoms with Crippen LogP contribution in [0.1, 0.15) is 30.1 Å². The molecule has 0 amide bonds. The maximum Gasteiger partial charge on any atom is 0.127 e. The van der Waals surface area contributed by atoms with Crippen LogP contribution in [0.4, 0.5) is 5.82 Å². The second-order valence-electron chi connectivity index (χ2n) is 4.83. The van der Waals surface area contributed by atoms with Crippen LogP contribution in [0.2, 0.25) is 0 Å². The first-order chi connectivity index (χ1) is 8.88. The number of thiocarbonyl (C=S) groups is 1. The van der Waals surface area contributed by atoms with Gasteiger partial charge in [-0.05, 0) is 32.9 Å². The topological polar surface area (TPSA) is 63.8 Å². The van der Waals surface area contributed by atoms with Gasteiger partial charge in [0.05, 0.1) is 5.54 Å². The van der Waals surface area contributed by atoms with Gasteiger partial charge in [-0.15, -0.1) is 11.3 Å². The predicted molar refractivity (Wildman–Crippen MR) is 83.6 cm³/mol. The van der Waals surface area contributed by atoms with Gasteiger partial charge in [0, 0.05) is 22.8 Å². The quantitative estimate of drug-likeness (QED) is 0.848. The smallest absolute Gasteiger partial charge is 0.127 e. The Labute approximate surface area is 122 Å². The Hall–Kier alpha value is -1.53. The molecule has 0 saturated carbocycles. The van der Waals surface area contributed by atoms with Crippen LogP contribution >= 0.6 is 23.6 Å².